The lowest BCUT2D eigenvalue weighted by molar-refractivity contribution is -0.145. The molecule has 1 aromatic rings. The van der Waals surface area contributed by atoms with Crippen LogP contribution in [0, 0.1) is 5.92 Å². The monoisotopic (exact) mass is 383 g/mol. The number of rotatable bonds is 9. The molecule has 0 spiro atoms. The molecule has 2 atom stereocenters. The van der Waals surface area contributed by atoms with E-state index < -0.39 is 41.3 Å². The molecule has 1 amide bonds. The summed E-state index contributed by atoms with van der Waals surface area (Å²) in [6.07, 6.45) is 0.407. The van der Waals surface area contributed by atoms with Gasteiger partial charge >= 0.3 is 11.9 Å². The maximum atomic E-state index is 12.2. The lowest BCUT2D eigenvalue weighted by Crippen LogP contribution is -2.44. The molecule has 0 aliphatic heterocycles. The maximum absolute atomic E-state index is 12.2. The predicted molar refractivity (Wildman–Crippen MR) is 97.1 cm³/mol. The van der Waals surface area contributed by atoms with Crippen molar-refractivity contribution in [2.24, 2.45) is 5.92 Å². The Kier molecular flexibility index (Phi) is 8.98. The van der Waals surface area contributed by atoms with Crippen LogP contribution in [-0.2, 0) is 29.9 Å². The van der Waals surface area contributed by atoms with Crippen LogP contribution in [0.5, 0.6) is 0 Å². The molecular formula is C18H25NO6S. The van der Waals surface area contributed by atoms with Crippen molar-refractivity contribution in [3.8, 4) is 0 Å². The molecule has 0 saturated carbocycles. The van der Waals surface area contributed by atoms with Crippen molar-refractivity contribution in [1.29, 1.82) is 0 Å². The van der Waals surface area contributed by atoms with Crippen molar-refractivity contribution in [3.05, 3.63) is 29.8 Å². The molecule has 0 aliphatic carbocycles. The summed E-state index contributed by atoms with van der Waals surface area (Å²) in [5, 5.41) is 2.50. The van der Waals surface area contributed by atoms with Gasteiger partial charge < -0.3 is 14.8 Å². The predicted octanol–water partition coefficient (Wildman–Crippen LogP) is 1.67. The summed E-state index contributed by atoms with van der Waals surface area (Å²) in [5.41, 5.74) is 0.159. The van der Waals surface area contributed by atoms with Crippen LogP contribution in [0.25, 0.3) is 0 Å². The molecule has 1 aromatic carbocycles. The molecule has 26 heavy (non-hydrogen) atoms. The summed E-state index contributed by atoms with van der Waals surface area (Å²) in [4.78, 5) is 36.3. The maximum Gasteiger partial charge on any atom is 0.339 e. The highest BCUT2D eigenvalue weighted by molar-refractivity contribution is 7.85. The zero-order chi connectivity index (χ0) is 19.7. The standard InChI is InChI=1S/C18H25NO6S/c1-5-26(23)15-9-7-6-8-13(15)17(21)25-11-16(20)19-14(10-12(2)3)18(22)24-4/h6-9,12,14H,5,10-11H2,1-4H3,(H,19,20). The van der Waals surface area contributed by atoms with Gasteiger partial charge in [-0.3, -0.25) is 9.00 Å². The van der Waals surface area contributed by atoms with Crippen LogP contribution in [0.1, 0.15) is 37.6 Å². The molecule has 144 valence electrons. The van der Waals surface area contributed by atoms with Gasteiger partial charge in [-0.25, -0.2) is 9.59 Å². The van der Waals surface area contributed by atoms with Crippen LogP contribution in [0.2, 0.25) is 0 Å². The molecule has 0 saturated heterocycles. The van der Waals surface area contributed by atoms with Crippen molar-refractivity contribution < 1.29 is 28.1 Å². The first-order valence-electron chi connectivity index (χ1n) is 8.31. The third-order valence-corrected chi connectivity index (χ3v) is 4.85. The van der Waals surface area contributed by atoms with Gasteiger partial charge in [-0.1, -0.05) is 32.9 Å². The lowest BCUT2D eigenvalue weighted by Gasteiger charge is -2.18. The Balaban J connectivity index is 2.71. The minimum atomic E-state index is -1.32. The Labute approximate surface area is 155 Å². The SMILES string of the molecule is CCS(=O)c1ccccc1C(=O)OCC(=O)NC(CC(C)C)C(=O)OC. The van der Waals surface area contributed by atoms with Crippen LogP contribution < -0.4 is 5.32 Å². The van der Waals surface area contributed by atoms with Crippen molar-refractivity contribution in [2.45, 2.75) is 38.1 Å². The molecule has 0 aliphatic rings. The van der Waals surface area contributed by atoms with E-state index in [1.165, 1.54) is 13.2 Å². The fraction of sp³-hybridized carbons (Fsp3) is 0.500. The zero-order valence-corrected chi connectivity index (χ0v) is 16.3. The average molecular weight is 383 g/mol. The van der Waals surface area contributed by atoms with Gasteiger partial charge in [-0.15, -0.1) is 0 Å². The van der Waals surface area contributed by atoms with E-state index in [9.17, 15) is 18.6 Å². The number of methoxy groups -OCH3 is 1. The van der Waals surface area contributed by atoms with Crippen LogP contribution in [0.4, 0.5) is 0 Å². The highest BCUT2D eigenvalue weighted by atomic mass is 32.2. The van der Waals surface area contributed by atoms with Crippen molar-refractivity contribution in [2.75, 3.05) is 19.5 Å². The van der Waals surface area contributed by atoms with Crippen molar-refractivity contribution in [1.82, 2.24) is 5.32 Å². The summed E-state index contributed by atoms with van der Waals surface area (Å²) in [6.45, 7) is 5.02. The average Bonchev–Trinajstić information content (AvgIpc) is 2.63. The molecule has 0 radical (unpaired) electrons. The Bertz CT molecular complexity index is 673. The van der Waals surface area contributed by atoms with E-state index in [4.69, 9.17) is 4.74 Å². The van der Waals surface area contributed by atoms with Crippen LogP contribution in [0.15, 0.2) is 29.2 Å². The van der Waals surface area contributed by atoms with Gasteiger partial charge in [0.05, 0.1) is 28.4 Å². The molecule has 0 aromatic heterocycles. The smallest absolute Gasteiger partial charge is 0.339 e. The zero-order valence-electron chi connectivity index (χ0n) is 15.4. The molecule has 1 rings (SSSR count). The number of nitrogens with one attached hydrogen (secondary N) is 1. The van der Waals surface area contributed by atoms with E-state index in [1.807, 2.05) is 13.8 Å². The van der Waals surface area contributed by atoms with E-state index >= 15 is 0 Å². The second kappa shape index (κ2) is 10.7. The Hall–Kier alpha value is -2.22. The van der Waals surface area contributed by atoms with Crippen molar-refractivity contribution in [3.63, 3.8) is 0 Å². The van der Waals surface area contributed by atoms with Gasteiger partial charge in [-0.2, -0.15) is 0 Å². The number of ether oxygens (including phenoxy) is 2. The second-order valence-electron chi connectivity index (χ2n) is 5.98. The molecular weight excluding hydrogens is 358 g/mol. The number of hydrogen-bond acceptors (Lipinski definition) is 6. The number of carbonyl (C=O) groups is 3. The van der Waals surface area contributed by atoms with Gasteiger partial charge in [0.25, 0.3) is 5.91 Å². The van der Waals surface area contributed by atoms with Crippen LogP contribution >= 0.6 is 0 Å². The highest BCUT2D eigenvalue weighted by Crippen LogP contribution is 2.15. The molecule has 1 N–H and O–H groups in total. The van der Waals surface area contributed by atoms with Gasteiger partial charge in [-0.05, 0) is 24.5 Å². The molecule has 2 unspecified atom stereocenters. The minimum Gasteiger partial charge on any atom is -0.467 e. The summed E-state index contributed by atoms with van der Waals surface area (Å²) < 4.78 is 21.7. The van der Waals surface area contributed by atoms with Crippen LogP contribution in [0.3, 0.4) is 0 Å². The Morgan fingerprint density at radius 1 is 1.19 bits per heavy atom. The number of amides is 1. The first-order valence-corrected chi connectivity index (χ1v) is 9.63. The summed E-state index contributed by atoms with van der Waals surface area (Å²) in [6, 6.07) is 5.60. The molecule has 0 bridgehead atoms. The summed E-state index contributed by atoms with van der Waals surface area (Å²) in [7, 11) is -0.0800. The number of esters is 2. The third kappa shape index (κ3) is 6.59. The van der Waals surface area contributed by atoms with Crippen molar-refractivity contribution >= 4 is 28.6 Å². The first kappa shape index (κ1) is 21.8. The molecule has 0 fully saturated rings. The molecule has 7 nitrogen and oxygen atoms in total. The fourth-order valence-corrected chi connectivity index (χ4v) is 3.20. The fourth-order valence-electron chi connectivity index (χ4n) is 2.26. The van der Waals surface area contributed by atoms with Crippen LogP contribution in [-0.4, -0.2) is 47.6 Å². The van der Waals surface area contributed by atoms with E-state index in [0.29, 0.717) is 17.1 Å². The molecule has 0 heterocycles. The second-order valence-corrected chi connectivity index (χ2v) is 7.69. The van der Waals surface area contributed by atoms with E-state index in [1.54, 1.807) is 25.1 Å². The largest absolute Gasteiger partial charge is 0.467 e. The summed E-state index contributed by atoms with van der Waals surface area (Å²) >= 11 is 0. The van der Waals surface area contributed by atoms with E-state index in [0.717, 1.165) is 0 Å². The first-order chi connectivity index (χ1) is 12.3. The quantitative estimate of drug-likeness (QED) is 0.652. The number of carbonyl (C=O) groups excluding carboxylic acids is 3. The molecule has 8 heteroatoms. The Morgan fingerprint density at radius 2 is 1.85 bits per heavy atom. The van der Waals surface area contributed by atoms with Gasteiger partial charge in [0.15, 0.2) is 6.61 Å². The summed E-state index contributed by atoms with van der Waals surface area (Å²) in [5.74, 6) is -1.37. The third-order valence-electron chi connectivity index (χ3n) is 3.48. The lowest BCUT2D eigenvalue weighted by atomic mass is 10.0. The van der Waals surface area contributed by atoms with Gasteiger partial charge in [0, 0.05) is 5.75 Å². The Morgan fingerprint density at radius 3 is 2.42 bits per heavy atom. The topological polar surface area (TPSA) is 98.8 Å². The van der Waals surface area contributed by atoms with Gasteiger partial charge in [0.1, 0.15) is 6.04 Å². The number of benzene rings is 1. The van der Waals surface area contributed by atoms with E-state index in [-0.39, 0.29) is 11.5 Å². The normalized spacial score (nSPS) is 13.0. The minimum absolute atomic E-state index is 0.159. The number of hydrogen-bond donors (Lipinski definition) is 1. The highest BCUT2D eigenvalue weighted by Gasteiger charge is 2.23. The van der Waals surface area contributed by atoms with Gasteiger partial charge in [0.2, 0.25) is 0 Å². The van der Waals surface area contributed by atoms with E-state index in [2.05, 4.69) is 10.1 Å².